The van der Waals surface area contributed by atoms with E-state index in [1.165, 1.54) is 11.3 Å². The smallest absolute Gasteiger partial charge is 0.339 e. The van der Waals surface area contributed by atoms with Crippen molar-refractivity contribution in [3.05, 3.63) is 71.4 Å². The number of alkyl halides is 2. The van der Waals surface area contributed by atoms with Gasteiger partial charge in [-0.15, -0.1) is 16.4 Å². The Kier molecular flexibility index (Phi) is 7.40. The van der Waals surface area contributed by atoms with Crippen LogP contribution in [0.2, 0.25) is 0 Å². The fraction of sp³-hybridized carbons (Fsp3) is 0.240. The summed E-state index contributed by atoms with van der Waals surface area (Å²) in [6.07, 6.45) is -0.262. The number of hydrogen-bond acceptors (Lipinski definition) is 6. The fourth-order valence-electron chi connectivity index (χ4n) is 3.56. The molecule has 0 radical (unpaired) electrons. The van der Waals surface area contributed by atoms with Gasteiger partial charge in [-0.25, -0.2) is 23.2 Å². The zero-order chi connectivity index (χ0) is 24.9. The molecular weight excluding hydrogens is 474 g/mol. The average molecular weight is 499 g/mol. The number of anilines is 2. The van der Waals surface area contributed by atoms with Gasteiger partial charge in [0.2, 0.25) is 0 Å². The van der Waals surface area contributed by atoms with Crippen molar-refractivity contribution in [1.29, 1.82) is 0 Å². The number of halogens is 2. The molecular formula is C25H24F2N4O3S. The molecule has 3 aromatic heterocycles. The Labute approximate surface area is 205 Å². The molecule has 0 aliphatic carbocycles. The number of carboxylic acids is 1. The summed E-state index contributed by atoms with van der Waals surface area (Å²) < 4.78 is 32.0. The Balaban J connectivity index is 1.67. The molecule has 2 N–H and O–H groups in total. The van der Waals surface area contributed by atoms with E-state index in [0.29, 0.717) is 29.6 Å². The number of carboxylic acid groups (broad SMARTS) is 1. The van der Waals surface area contributed by atoms with Crippen LogP contribution in [0.25, 0.3) is 16.1 Å². The van der Waals surface area contributed by atoms with E-state index in [9.17, 15) is 18.7 Å². The average Bonchev–Trinajstić information content (AvgIpc) is 3.48. The van der Waals surface area contributed by atoms with Crippen LogP contribution in [0.3, 0.4) is 0 Å². The van der Waals surface area contributed by atoms with E-state index in [1.54, 1.807) is 41.2 Å². The van der Waals surface area contributed by atoms with Crippen LogP contribution >= 0.6 is 11.3 Å². The summed E-state index contributed by atoms with van der Waals surface area (Å²) in [5.74, 6) is 0.103. The van der Waals surface area contributed by atoms with Crippen molar-refractivity contribution >= 4 is 28.9 Å². The van der Waals surface area contributed by atoms with Crippen LogP contribution in [0.5, 0.6) is 5.75 Å². The number of hydrogen-bond donors (Lipinski definition) is 2. The van der Waals surface area contributed by atoms with Gasteiger partial charge >= 0.3 is 5.97 Å². The van der Waals surface area contributed by atoms with Crippen molar-refractivity contribution in [3.8, 4) is 21.9 Å². The molecule has 0 amide bonds. The van der Waals surface area contributed by atoms with E-state index in [0.717, 1.165) is 16.1 Å². The summed E-state index contributed by atoms with van der Waals surface area (Å²) in [5, 5.41) is 19.3. The van der Waals surface area contributed by atoms with Gasteiger partial charge in [-0.3, -0.25) is 0 Å². The molecule has 0 spiro atoms. The van der Waals surface area contributed by atoms with Gasteiger partial charge in [-0.05, 0) is 42.0 Å². The molecule has 7 nitrogen and oxygen atoms in total. The van der Waals surface area contributed by atoms with E-state index in [-0.39, 0.29) is 11.4 Å². The molecule has 182 valence electrons. The molecule has 1 aromatic carbocycles. The minimum atomic E-state index is -2.57. The van der Waals surface area contributed by atoms with Crippen molar-refractivity contribution in [2.75, 3.05) is 11.9 Å². The number of aromatic nitrogens is 3. The first kappa shape index (κ1) is 24.3. The number of rotatable bonds is 10. The zero-order valence-corrected chi connectivity index (χ0v) is 19.9. The lowest BCUT2D eigenvalue weighted by molar-refractivity contribution is 0.0697. The quantitative estimate of drug-likeness (QED) is 0.268. The van der Waals surface area contributed by atoms with Crippen LogP contribution in [0, 0.1) is 5.92 Å². The summed E-state index contributed by atoms with van der Waals surface area (Å²) in [4.78, 5) is 17.2. The van der Waals surface area contributed by atoms with Gasteiger partial charge in [0.05, 0.1) is 5.69 Å². The fourth-order valence-corrected chi connectivity index (χ4v) is 4.27. The Morgan fingerprint density at radius 1 is 1.20 bits per heavy atom. The third-order valence-electron chi connectivity index (χ3n) is 5.01. The molecule has 0 fully saturated rings. The SMILES string of the molecule is CC(C)Cc1cc(Nc2ncc(-c3cccs3)cc2C(=O)O)nn1-c1cccc(OCC(F)F)c1. The van der Waals surface area contributed by atoms with Crippen molar-refractivity contribution in [2.45, 2.75) is 26.7 Å². The highest BCUT2D eigenvalue weighted by Gasteiger charge is 2.18. The largest absolute Gasteiger partial charge is 0.488 e. The van der Waals surface area contributed by atoms with Gasteiger partial charge in [-0.1, -0.05) is 26.0 Å². The predicted octanol–water partition coefficient (Wildman–Crippen LogP) is 6.28. The van der Waals surface area contributed by atoms with Gasteiger partial charge in [0, 0.05) is 34.5 Å². The van der Waals surface area contributed by atoms with Gasteiger partial charge in [0.25, 0.3) is 6.43 Å². The number of nitrogens with zero attached hydrogens (tertiary/aromatic N) is 3. The highest BCUT2D eigenvalue weighted by molar-refractivity contribution is 7.13. The number of carbonyl (C=O) groups is 1. The topological polar surface area (TPSA) is 89.3 Å². The van der Waals surface area contributed by atoms with Crippen LogP contribution in [0.1, 0.15) is 29.9 Å². The van der Waals surface area contributed by atoms with Crippen LogP contribution in [0.4, 0.5) is 20.4 Å². The number of aromatic carboxylic acids is 1. The summed E-state index contributed by atoms with van der Waals surface area (Å²) in [7, 11) is 0. The van der Waals surface area contributed by atoms with E-state index < -0.39 is 19.0 Å². The first-order valence-electron chi connectivity index (χ1n) is 10.9. The Hall–Kier alpha value is -3.79. The number of nitrogens with one attached hydrogen (secondary N) is 1. The van der Waals surface area contributed by atoms with E-state index >= 15 is 0 Å². The van der Waals surface area contributed by atoms with Gasteiger partial charge in [0.1, 0.15) is 23.7 Å². The molecule has 0 saturated carbocycles. The number of benzene rings is 1. The molecule has 0 atom stereocenters. The molecule has 0 unspecified atom stereocenters. The molecule has 4 aromatic rings. The van der Waals surface area contributed by atoms with Gasteiger partial charge < -0.3 is 15.2 Å². The molecule has 3 heterocycles. The van der Waals surface area contributed by atoms with Crippen LogP contribution in [0.15, 0.2) is 60.1 Å². The first-order valence-corrected chi connectivity index (χ1v) is 11.8. The van der Waals surface area contributed by atoms with Crippen LogP contribution < -0.4 is 10.1 Å². The minimum Gasteiger partial charge on any atom is -0.488 e. The number of ether oxygens (including phenoxy) is 1. The van der Waals surface area contributed by atoms with Crippen LogP contribution in [-0.2, 0) is 6.42 Å². The lowest BCUT2D eigenvalue weighted by atomic mass is 10.1. The Morgan fingerprint density at radius 3 is 2.71 bits per heavy atom. The highest BCUT2D eigenvalue weighted by atomic mass is 32.1. The minimum absolute atomic E-state index is 0.0262. The predicted molar refractivity (Wildman–Crippen MR) is 131 cm³/mol. The number of pyridine rings is 1. The third-order valence-corrected chi connectivity index (χ3v) is 5.93. The molecule has 0 bridgehead atoms. The standard InChI is InChI=1S/C25H24F2N4O3S/c1-15(2)9-18-12-23(30-31(18)17-5-3-6-19(11-17)34-14-22(26)27)29-24-20(25(32)33)10-16(13-28-24)21-7-4-8-35-21/h3-8,10-13,15,22H,9,14H2,1-2H3,(H,32,33)(H,28,29,30). The van der Waals surface area contributed by atoms with Gasteiger partial charge in [0.15, 0.2) is 5.82 Å². The molecule has 35 heavy (non-hydrogen) atoms. The zero-order valence-electron chi connectivity index (χ0n) is 19.1. The van der Waals surface area contributed by atoms with E-state index in [2.05, 4.69) is 29.2 Å². The molecule has 4 rings (SSSR count). The lowest BCUT2D eigenvalue weighted by Gasteiger charge is -2.11. The second-order valence-electron chi connectivity index (χ2n) is 8.26. The maximum Gasteiger partial charge on any atom is 0.339 e. The molecule has 0 saturated heterocycles. The highest BCUT2D eigenvalue weighted by Crippen LogP contribution is 2.29. The van der Waals surface area contributed by atoms with E-state index in [4.69, 9.17) is 4.74 Å². The summed E-state index contributed by atoms with van der Waals surface area (Å²) in [6, 6.07) is 14.0. The van der Waals surface area contributed by atoms with Gasteiger partial charge in [-0.2, -0.15) is 0 Å². The monoisotopic (exact) mass is 498 g/mol. The molecule has 10 heteroatoms. The second-order valence-corrected chi connectivity index (χ2v) is 9.21. The Bertz CT molecular complexity index is 1310. The molecule has 0 aliphatic rings. The van der Waals surface area contributed by atoms with Crippen molar-refractivity contribution in [1.82, 2.24) is 14.8 Å². The van der Waals surface area contributed by atoms with Crippen molar-refractivity contribution < 1.29 is 23.4 Å². The third kappa shape index (κ3) is 6.02. The van der Waals surface area contributed by atoms with Crippen LogP contribution in [-0.4, -0.2) is 38.9 Å². The lowest BCUT2D eigenvalue weighted by Crippen LogP contribution is -2.09. The van der Waals surface area contributed by atoms with Crippen molar-refractivity contribution in [2.24, 2.45) is 5.92 Å². The first-order chi connectivity index (χ1) is 16.8. The molecule has 0 aliphatic heterocycles. The summed E-state index contributed by atoms with van der Waals surface area (Å²) in [5.41, 5.74) is 2.24. The second kappa shape index (κ2) is 10.6. The van der Waals surface area contributed by atoms with E-state index in [1.807, 2.05) is 23.6 Å². The summed E-state index contributed by atoms with van der Waals surface area (Å²) in [6.45, 7) is 3.44. The van der Waals surface area contributed by atoms with Crippen molar-refractivity contribution in [3.63, 3.8) is 0 Å². The number of thiophene rings is 1. The summed E-state index contributed by atoms with van der Waals surface area (Å²) >= 11 is 1.50. The maximum absolute atomic E-state index is 12.6. The Morgan fingerprint density at radius 2 is 2.03 bits per heavy atom. The maximum atomic E-state index is 12.6. The normalized spacial score (nSPS) is 11.3.